The van der Waals surface area contributed by atoms with Gasteiger partial charge in [-0.3, -0.25) is 10.1 Å². The Kier molecular flexibility index (Phi) is 6.22. The number of non-ortho nitro benzene ring substituents is 1. The third-order valence-electron chi connectivity index (χ3n) is 5.76. The number of aliphatic hydroxyl groups is 1. The molecule has 0 bridgehead atoms. The van der Waals surface area contributed by atoms with Crippen LogP contribution in [0.5, 0.6) is 5.75 Å². The van der Waals surface area contributed by atoms with Gasteiger partial charge in [-0.1, -0.05) is 23.4 Å². The molecule has 2 aromatic carbocycles. The van der Waals surface area contributed by atoms with E-state index in [2.05, 4.69) is 20.6 Å². The quantitative estimate of drug-likeness (QED) is 0.293. The molecule has 1 aliphatic heterocycles. The van der Waals surface area contributed by atoms with Crippen LogP contribution < -0.4 is 9.64 Å². The Morgan fingerprint density at radius 3 is 2.61 bits per heavy atom. The summed E-state index contributed by atoms with van der Waals surface area (Å²) in [5.41, 5.74) is -0.297. The molecule has 0 fully saturated rings. The topological polar surface area (TPSA) is 149 Å². The van der Waals surface area contributed by atoms with E-state index in [1.807, 2.05) is 35.2 Å². The molecule has 1 aliphatic rings. The molecule has 0 saturated heterocycles. The van der Waals surface area contributed by atoms with Crippen molar-refractivity contribution in [2.75, 3.05) is 19.1 Å². The second kappa shape index (κ2) is 9.10. The number of aromatic amines is 1. The molecule has 0 spiro atoms. The fourth-order valence-electron chi connectivity index (χ4n) is 4.22. The van der Waals surface area contributed by atoms with Gasteiger partial charge < -0.3 is 24.2 Å². The minimum absolute atomic E-state index is 0.124. The first-order valence-corrected chi connectivity index (χ1v) is 10.1. The average Bonchev–Trinajstić information content (AvgIpc) is 3.33. The smallest absolute Gasteiger partial charge is 0.270 e. The minimum atomic E-state index is -1.35. The summed E-state index contributed by atoms with van der Waals surface area (Å²) in [4.78, 5) is 12.9. The molecule has 12 heteroatoms. The molecule has 1 aromatic heterocycles. The molecular weight excluding hydrogens is 432 g/mol. The Hall–Kier alpha value is -3.61. The first-order chi connectivity index (χ1) is 15.9. The summed E-state index contributed by atoms with van der Waals surface area (Å²) in [5.74, 6) is 0.743. The lowest BCUT2D eigenvalue weighted by Crippen LogP contribution is -2.62. The van der Waals surface area contributed by atoms with Gasteiger partial charge in [0.15, 0.2) is 17.7 Å². The number of rotatable bonds is 8. The molecule has 174 valence electrons. The fourth-order valence-corrected chi connectivity index (χ4v) is 4.22. The zero-order chi connectivity index (χ0) is 23.6. The normalized spacial score (nSPS) is 22.0. The number of hydrogen-bond acceptors (Lipinski definition) is 10. The number of H-pyrrole nitrogens is 1. The van der Waals surface area contributed by atoms with E-state index in [0.717, 1.165) is 5.69 Å². The molecule has 0 amide bonds. The van der Waals surface area contributed by atoms with Crippen LogP contribution in [0.1, 0.15) is 24.4 Å². The number of hydrogen-bond donors (Lipinski definition) is 2. The number of benzene rings is 2. The van der Waals surface area contributed by atoms with Crippen LogP contribution in [0.15, 0.2) is 48.5 Å². The molecule has 33 heavy (non-hydrogen) atoms. The molecular formula is C21H24N6O6. The molecule has 0 aliphatic carbocycles. The largest absolute Gasteiger partial charge is 0.479 e. The van der Waals surface area contributed by atoms with Crippen molar-refractivity contribution in [1.29, 1.82) is 0 Å². The average molecular weight is 456 g/mol. The van der Waals surface area contributed by atoms with E-state index in [1.165, 1.54) is 32.4 Å². The Morgan fingerprint density at radius 1 is 1.27 bits per heavy atom. The summed E-state index contributed by atoms with van der Waals surface area (Å²) in [6.07, 6.45) is -2.16. The lowest BCUT2D eigenvalue weighted by Gasteiger charge is -2.49. The molecule has 0 saturated carbocycles. The van der Waals surface area contributed by atoms with Gasteiger partial charge in [0.25, 0.3) is 5.69 Å². The number of fused-ring (bicyclic) bond motifs is 1. The highest BCUT2D eigenvalue weighted by Gasteiger charge is 2.54. The zero-order valence-electron chi connectivity index (χ0n) is 18.3. The summed E-state index contributed by atoms with van der Waals surface area (Å²) in [5, 5.41) is 37.3. The van der Waals surface area contributed by atoms with E-state index >= 15 is 0 Å². The van der Waals surface area contributed by atoms with Crippen molar-refractivity contribution in [3.05, 3.63) is 70.0 Å². The van der Waals surface area contributed by atoms with E-state index in [9.17, 15) is 15.2 Å². The summed E-state index contributed by atoms with van der Waals surface area (Å²) in [7, 11) is 2.90. The Labute approximate surface area is 189 Å². The number of para-hydroxylation sites is 1. The van der Waals surface area contributed by atoms with E-state index in [1.54, 1.807) is 6.92 Å². The van der Waals surface area contributed by atoms with Crippen LogP contribution in [0.25, 0.3) is 0 Å². The monoisotopic (exact) mass is 456 g/mol. The van der Waals surface area contributed by atoms with Gasteiger partial charge >= 0.3 is 0 Å². The number of tetrazole rings is 1. The van der Waals surface area contributed by atoms with Crippen molar-refractivity contribution >= 4 is 11.4 Å². The van der Waals surface area contributed by atoms with Gasteiger partial charge in [-0.25, -0.2) is 0 Å². The number of nitro benzene ring substituents is 1. The van der Waals surface area contributed by atoms with E-state index in [4.69, 9.17) is 14.2 Å². The highest BCUT2D eigenvalue weighted by molar-refractivity contribution is 5.55. The zero-order valence-corrected chi connectivity index (χ0v) is 18.3. The maximum absolute atomic E-state index is 11.7. The summed E-state index contributed by atoms with van der Waals surface area (Å²) in [6, 6.07) is 12.8. The summed E-state index contributed by atoms with van der Waals surface area (Å²) < 4.78 is 17.1. The number of aromatic nitrogens is 4. The number of aliphatic hydroxyl groups excluding tert-OH is 1. The van der Waals surface area contributed by atoms with E-state index in [0.29, 0.717) is 17.1 Å². The molecule has 0 radical (unpaired) electrons. The van der Waals surface area contributed by atoms with Crippen LogP contribution in [-0.4, -0.2) is 62.9 Å². The lowest BCUT2D eigenvalue weighted by atomic mass is 9.83. The van der Waals surface area contributed by atoms with E-state index in [-0.39, 0.29) is 12.2 Å². The van der Waals surface area contributed by atoms with Gasteiger partial charge in [-0.15, -0.1) is 10.2 Å². The first kappa shape index (κ1) is 22.6. The Bertz CT molecular complexity index is 1090. The predicted molar refractivity (Wildman–Crippen MR) is 115 cm³/mol. The van der Waals surface area contributed by atoms with Gasteiger partial charge in [0.1, 0.15) is 11.9 Å². The van der Waals surface area contributed by atoms with Crippen molar-refractivity contribution in [1.82, 2.24) is 20.6 Å². The van der Waals surface area contributed by atoms with Gasteiger partial charge in [0.2, 0.25) is 0 Å². The second-order valence-electron chi connectivity index (χ2n) is 7.75. The van der Waals surface area contributed by atoms with Crippen LogP contribution in [0.3, 0.4) is 0 Å². The molecule has 2 N–H and O–H groups in total. The highest BCUT2D eigenvalue weighted by atomic mass is 16.7. The van der Waals surface area contributed by atoms with Crippen molar-refractivity contribution in [3.8, 4) is 5.75 Å². The predicted octanol–water partition coefficient (Wildman–Crippen LogP) is 1.99. The SMILES string of the molecule is COC(OC)[C@@]1(C)Oc2ccc([N+](=O)[O-])cc2[C@@H](N(Cc2nn[nH]n2)c2ccccc2)[C@@H]1O. The van der Waals surface area contributed by atoms with Crippen molar-refractivity contribution in [2.45, 2.75) is 37.5 Å². The maximum atomic E-state index is 11.7. The van der Waals surface area contributed by atoms with Crippen molar-refractivity contribution < 1.29 is 24.2 Å². The Balaban J connectivity index is 1.91. The summed E-state index contributed by atoms with van der Waals surface area (Å²) in [6.45, 7) is 1.83. The third kappa shape index (κ3) is 4.11. The number of nitrogens with zero attached hydrogens (tertiary/aromatic N) is 5. The van der Waals surface area contributed by atoms with Gasteiger partial charge in [-0.2, -0.15) is 5.21 Å². The number of nitrogens with one attached hydrogen (secondary N) is 1. The molecule has 4 rings (SSSR count). The molecule has 12 nitrogen and oxygen atoms in total. The highest BCUT2D eigenvalue weighted by Crippen LogP contribution is 2.47. The number of ether oxygens (including phenoxy) is 3. The minimum Gasteiger partial charge on any atom is -0.479 e. The maximum Gasteiger partial charge on any atom is 0.270 e. The Morgan fingerprint density at radius 2 is 2.00 bits per heavy atom. The van der Waals surface area contributed by atoms with Gasteiger partial charge in [0.05, 0.1) is 17.5 Å². The fraction of sp³-hybridized carbons (Fsp3) is 0.381. The molecule has 0 unspecified atom stereocenters. The molecule has 3 atom stereocenters. The van der Waals surface area contributed by atoms with Gasteiger partial charge in [0, 0.05) is 37.6 Å². The standard InChI is InChI=1S/C21H24N6O6/c1-21(20(31-2)32-3)19(28)18(15-11-14(27(29)30)9-10-16(15)33-21)26(12-17-22-24-25-23-17)13-7-5-4-6-8-13/h4-11,18-20,28H,12H2,1-3H3,(H,22,23,24,25)/t18-,19+,21+/m1/s1. The number of anilines is 1. The number of nitro groups is 1. The van der Waals surface area contributed by atoms with Crippen molar-refractivity contribution in [3.63, 3.8) is 0 Å². The third-order valence-corrected chi connectivity index (χ3v) is 5.76. The van der Waals surface area contributed by atoms with Crippen LogP contribution in [-0.2, 0) is 16.0 Å². The van der Waals surface area contributed by atoms with E-state index < -0.39 is 29.0 Å². The van der Waals surface area contributed by atoms with Crippen LogP contribution in [0, 0.1) is 10.1 Å². The molecule has 3 aromatic rings. The first-order valence-electron chi connectivity index (χ1n) is 10.1. The van der Waals surface area contributed by atoms with Crippen LogP contribution in [0.4, 0.5) is 11.4 Å². The van der Waals surface area contributed by atoms with Crippen molar-refractivity contribution in [2.24, 2.45) is 0 Å². The second-order valence-corrected chi connectivity index (χ2v) is 7.75. The number of methoxy groups -OCH3 is 2. The van der Waals surface area contributed by atoms with Crippen LogP contribution in [0.2, 0.25) is 0 Å². The van der Waals surface area contributed by atoms with Gasteiger partial charge in [-0.05, 0) is 25.1 Å². The summed E-state index contributed by atoms with van der Waals surface area (Å²) >= 11 is 0. The lowest BCUT2D eigenvalue weighted by molar-refractivity contribution is -0.385. The van der Waals surface area contributed by atoms with Crippen LogP contribution >= 0.6 is 0 Å². The molecule has 2 heterocycles.